The Hall–Kier alpha value is -2.14. The van der Waals surface area contributed by atoms with Crippen LogP contribution in [0.4, 0.5) is 11.5 Å². The van der Waals surface area contributed by atoms with Crippen LogP contribution in [0.25, 0.3) is 11.1 Å². The zero-order chi connectivity index (χ0) is 13.5. The average molecular weight is 258 g/mol. The summed E-state index contributed by atoms with van der Waals surface area (Å²) in [5.41, 5.74) is 8.76. The van der Waals surface area contributed by atoms with Crippen LogP contribution in [0, 0.1) is 0 Å². The van der Waals surface area contributed by atoms with E-state index in [9.17, 15) is 0 Å². The zero-order valence-electron chi connectivity index (χ0n) is 11.0. The highest BCUT2D eigenvalue weighted by Gasteiger charge is 2.04. The lowest BCUT2D eigenvalue weighted by Gasteiger charge is -2.10. The second-order valence-corrected chi connectivity index (χ2v) is 4.02. The minimum Gasteiger partial charge on any atom is -0.382 e. The Morgan fingerprint density at radius 1 is 1.26 bits per heavy atom. The van der Waals surface area contributed by atoms with Crippen LogP contribution in [-0.4, -0.2) is 29.7 Å². The lowest BCUT2D eigenvalue weighted by molar-refractivity contribution is 0.158. The van der Waals surface area contributed by atoms with Crippen LogP contribution in [0.1, 0.15) is 6.92 Å². The van der Waals surface area contributed by atoms with Crippen molar-refractivity contribution in [1.82, 2.24) is 9.97 Å². The van der Waals surface area contributed by atoms with Gasteiger partial charge in [-0.1, -0.05) is 0 Å². The standard InChI is InChI=1S/C14H18N4O/c1-2-19-8-7-17-13-9-12(10-18-14(13)15)11-3-5-16-6-4-11/h3-6,9-10,17H,2,7-8H2,1H3,(H2,15,18). The van der Waals surface area contributed by atoms with Crippen LogP contribution in [0.3, 0.4) is 0 Å². The highest BCUT2D eigenvalue weighted by atomic mass is 16.5. The van der Waals surface area contributed by atoms with Crippen molar-refractivity contribution in [2.45, 2.75) is 6.92 Å². The van der Waals surface area contributed by atoms with Gasteiger partial charge in [0.1, 0.15) is 5.82 Å². The summed E-state index contributed by atoms with van der Waals surface area (Å²) >= 11 is 0. The molecule has 0 bridgehead atoms. The van der Waals surface area contributed by atoms with Crippen molar-refractivity contribution in [3.8, 4) is 11.1 Å². The van der Waals surface area contributed by atoms with Gasteiger partial charge in [-0.15, -0.1) is 0 Å². The predicted octanol–water partition coefficient (Wildman–Crippen LogP) is 2.17. The molecule has 0 saturated carbocycles. The van der Waals surface area contributed by atoms with E-state index in [1.165, 1.54) is 0 Å². The Morgan fingerprint density at radius 3 is 2.79 bits per heavy atom. The molecule has 0 aliphatic heterocycles. The molecule has 2 rings (SSSR count). The van der Waals surface area contributed by atoms with E-state index in [-0.39, 0.29) is 0 Å². The minimum atomic E-state index is 0.495. The number of hydrogen-bond acceptors (Lipinski definition) is 5. The Kier molecular flexibility index (Phi) is 4.69. The summed E-state index contributed by atoms with van der Waals surface area (Å²) in [7, 11) is 0. The van der Waals surface area contributed by atoms with Crippen molar-refractivity contribution in [3.63, 3.8) is 0 Å². The van der Waals surface area contributed by atoms with Gasteiger partial charge in [0.25, 0.3) is 0 Å². The van der Waals surface area contributed by atoms with Gasteiger partial charge < -0.3 is 15.8 Å². The first-order valence-electron chi connectivity index (χ1n) is 6.28. The summed E-state index contributed by atoms with van der Waals surface area (Å²) in [6.45, 7) is 4.04. The molecule has 0 aliphatic rings. The molecule has 0 amide bonds. The fraction of sp³-hybridized carbons (Fsp3) is 0.286. The molecule has 0 fully saturated rings. The maximum Gasteiger partial charge on any atom is 0.146 e. The summed E-state index contributed by atoms with van der Waals surface area (Å²) in [6, 6.07) is 5.87. The van der Waals surface area contributed by atoms with Gasteiger partial charge in [0.05, 0.1) is 12.3 Å². The second kappa shape index (κ2) is 6.70. The van der Waals surface area contributed by atoms with E-state index in [0.29, 0.717) is 25.6 Å². The first kappa shape index (κ1) is 13.3. The van der Waals surface area contributed by atoms with Gasteiger partial charge in [-0.05, 0) is 30.7 Å². The molecule has 0 saturated heterocycles. The summed E-state index contributed by atoms with van der Waals surface area (Å²) in [4.78, 5) is 8.21. The number of anilines is 2. The normalized spacial score (nSPS) is 10.4. The molecular weight excluding hydrogens is 240 g/mol. The molecular formula is C14H18N4O. The molecule has 5 heteroatoms. The maximum atomic E-state index is 5.86. The van der Waals surface area contributed by atoms with Crippen molar-refractivity contribution in [1.29, 1.82) is 0 Å². The highest BCUT2D eigenvalue weighted by molar-refractivity contribution is 5.72. The molecule has 2 aromatic rings. The van der Waals surface area contributed by atoms with Gasteiger partial charge in [0.2, 0.25) is 0 Å². The van der Waals surface area contributed by atoms with Gasteiger partial charge in [0, 0.05) is 37.3 Å². The Morgan fingerprint density at radius 2 is 2.05 bits per heavy atom. The van der Waals surface area contributed by atoms with Gasteiger partial charge in [-0.25, -0.2) is 4.98 Å². The van der Waals surface area contributed by atoms with Crippen molar-refractivity contribution in [2.75, 3.05) is 30.8 Å². The fourth-order valence-electron chi connectivity index (χ4n) is 1.72. The van der Waals surface area contributed by atoms with Crippen LogP contribution < -0.4 is 11.1 Å². The molecule has 100 valence electrons. The number of aromatic nitrogens is 2. The molecule has 0 spiro atoms. The third kappa shape index (κ3) is 3.66. The largest absolute Gasteiger partial charge is 0.382 e. The van der Waals surface area contributed by atoms with E-state index in [2.05, 4.69) is 15.3 Å². The molecule has 0 aliphatic carbocycles. The Labute approximate surface area is 112 Å². The molecule has 5 nitrogen and oxygen atoms in total. The quantitative estimate of drug-likeness (QED) is 0.777. The van der Waals surface area contributed by atoms with E-state index >= 15 is 0 Å². The van der Waals surface area contributed by atoms with Crippen LogP contribution in [0.2, 0.25) is 0 Å². The summed E-state index contributed by atoms with van der Waals surface area (Å²) in [6.07, 6.45) is 5.28. The van der Waals surface area contributed by atoms with Crippen LogP contribution >= 0.6 is 0 Å². The summed E-state index contributed by atoms with van der Waals surface area (Å²) in [5, 5.41) is 3.23. The van der Waals surface area contributed by atoms with Crippen LogP contribution in [0.15, 0.2) is 36.8 Å². The molecule has 19 heavy (non-hydrogen) atoms. The number of rotatable bonds is 6. The van der Waals surface area contributed by atoms with Crippen molar-refractivity contribution >= 4 is 11.5 Å². The lowest BCUT2D eigenvalue weighted by Crippen LogP contribution is -2.11. The minimum absolute atomic E-state index is 0.495. The van der Waals surface area contributed by atoms with Gasteiger partial charge in [-0.3, -0.25) is 4.98 Å². The monoisotopic (exact) mass is 258 g/mol. The van der Waals surface area contributed by atoms with Crippen molar-refractivity contribution in [2.24, 2.45) is 0 Å². The van der Waals surface area contributed by atoms with Crippen molar-refractivity contribution in [3.05, 3.63) is 36.8 Å². The van der Waals surface area contributed by atoms with E-state index in [4.69, 9.17) is 10.5 Å². The SMILES string of the molecule is CCOCCNc1cc(-c2ccncc2)cnc1N. The summed E-state index contributed by atoms with van der Waals surface area (Å²) in [5.74, 6) is 0.495. The maximum absolute atomic E-state index is 5.86. The number of hydrogen-bond donors (Lipinski definition) is 2. The zero-order valence-corrected chi connectivity index (χ0v) is 11.0. The highest BCUT2D eigenvalue weighted by Crippen LogP contribution is 2.24. The van der Waals surface area contributed by atoms with Crippen molar-refractivity contribution < 1.29 is 4.74 Å². The van der Waals surface area contributed by atoms with Crippen LogP contribution in [-0.2, 0) is 4.74 Å². The fourth-order valence-corrected chi connectivity index (χ4v) is 1.72. The number of nitrogens with two attached hydrogens (primary N) is 1. The van der Waals surface area contributed by atoms with E-state index in [1.54, 1.807) is 18.6 Å². The average Bonchev–Trinajstić information content (AvgIpc) is 2.46. The van der Waals surface area contributed by atoms with Gasteiger partial charge >= 0.3 is 0 Å². The third-order valence-electron chi connectivity index (χ3n) is 2.70. The van der Waals surface area contributed by atoms with E-state index in [0.717, 1.165) is 16.8 Å². The Balaban J connectivity index is 2.11. The smallest absolute Gasteiger partial charge is 0.146 e. The van der Waals surface area contributed by atoms with Crippen LogP contribution in [0.5, 0.6) is 0 Å². The molecule has 0 unspecified atom stereocenters. The first-order chi connectivity index (χ1) is 9.31. The van der Waals surface area contributed by atoms with E-state index < -0.39 is 0 Å². The number of nitrogens with one attached hydrogen (secondary N) is 1. The third-order valence-corrected chi connectivity index (χ3v) is 2.70. The molecule has 0 atom stereocenters. The molecule has 0 aromatic carbocycles. The number of ether oxygens (including phenoxy) is 1. The van der Waals surface area contributed by atoms with Gasteiger partial charge in [-0.2, -0.15) is 0 Å². The Bertz CT molecular complexity index is 516. The summed E-state index contributed by atoms with van der Waals surface area (Å²) < 4.78 is 5.28. The molecule has 2 aromatic heterocycles. The van der Waals surface area contributed by atoms with Gasteiger partial charge in [0.15, 0.2) is 0 Å². The van der Waals surface area contributed by atoms with E-state index in [1.807, 2.05) is 25.1 Å². The number of pyridine rings is 2. The topological polar surface area (TPSA) is 73.1 Å². The number of nitrogen functional groups attached to an aromatic ring is 1. The molecule has 2 heterocycles. The second-order valence-electron chi connectivity index (χ2n) is 4.02. The molecule has 0 radical (unpaired) electrons. The molecule has 3 N–H and O–H groups in total. The lowest BCUT2D eigenvalue weighted by atomic mass is 10.1. The number of nitrogens with zero attached hydrogens (tertiary/aromatic N) is 2. The predicted molar refractivity (Wildman–Crippen MR) is 76.9 cm³/mol. The first-order valence-corrected chi connectivity index (χ1v) is 6.28.